The van der Waals surface area contributed by atoms with Gasteiger partial charge in [-0.05, 0) is 25.2 Å². The van der Waals surface area contributed by atoms with Gasteiger partial charge in [-0.15, -0.1) is 0 Å². The lowest BCUT2D eigenvalue weighted by Crippen LogP contribution is -2.45. The standard InChI is InChI=1S/C13H22N2O4S/c1-10(16)15-5-2-3-12(8-15)13(17)14-7-11-4-6-20(18,19)9-11/h11-12H,2-9H2,1H3,(H,14,17). The van der Waals surface area contributed by atoms with Crippen LogP contribution in [-0.2, 0) is 19.4 Å². The van der Waals surface area contributed by atoms with E-state index in [1.54, 1.807) is 4.90 Å². The van der Waals surface area contributed by atoms with Crippen LogP contribution in [0.4, 0.5) is 0 Å². The first-order valence-corrected chi connectivity index (χ1v) is 8.93. The van der Waals surface area contributed by atoms with E-state index >= 15 is 0 Å². The molecule has 1 N–H and O–H groups in total. The number of carbonyl (C=O) groups excluding carboxylic acids is 2. The SMILES string of the molecule is CC(=O)N1CCCC(C(=O)NCC2CCS(=O)(=O)C2)C1. The minimum absolute atomic E-state index is 0.00406. The van der Waals surface area contributed by atoms with E-state index < -0.39 is 9.84 Å². The van der Waals surface area contributed by atoms with Gasteiger partial charge in [-0.1, -0.05) is 0 Å². The Balaban J connectivity index is 1.79. The zero-order valence-electron chi connectivity index (χ0n) is 11.8. The van der Waals surface area contributed by atoms with E-state index in [4.69, 9.17) is 0 Å². The monoisotopic (exact) mass is 302 g/mol. The van der Waals surface area contributed by atoms with Crippen molar-refractivity contribution >= 4 is 21.7 Å². The van der Waals surface area contributed by atoms with Crippen LogP contribution in [0.1, 0.15) is 26.2 Å². The molecule has 2 heterocycles. The van der Waals surface area contributed by atoms with Crippen LogP contribution in [0.15, 0.2) is 0 Å². The van der Waals surface area contributed by atoms with Crippen LogP contribution in [0.25, 0.3) is 0 Å². The maximum atomic E-state index is 12.1. The van der Waals surface area contributed by atoms with Crippen LogP contribution >= 0.6 is 0 Å². The van der Waals surface area contributed by atoms with Gasteiger partial charge < -0.3 is 10.2 Å². The Morgan fingerprint density at radius 2 is 2.05 bits per heavy atom. The molecule has 0 radical (unpaired) electrons. The van der Waals surface area contributed by atoms with Gasteiger partial charge in [-0.25, -0.2) is 8.42 Å². The summed E-state index contributed by atoms with van der Waals surface area (Å²) < 4.78 is 22.7. The molecule has 0 aromatic carbocycles. The van der Waals surface area contributed by atoms with E-state index in [-0.39, 0.29) is 35.2 Å². The number of piperidine rings is 1. The van der Waals surface area contributed by atoms with Crippen LogP contribution in [0, 0.1) is 11.8 Å². The lowest BCUT2D eigenvalue weighted by Gasteiger charge is -2.31. The van der Waals surface area contributed by atoms with Gasteiger partial charge >= 0.3 is 0 Å². The Morgan fingerprint density at radius 1 is 1.30 bits per heavy atom. The number of nitrogens with one attached hydrogen (secondary N) is 1. The highest BCUT2D eigenvalue weighted by molar-refractivity contribution is 7.91. The van der Waals surface area contributed by atoms with Crippen LogP contribution in [0.2, 0.25) is 0 Å². The van der Waals surface area contributed by atoms with Gasteiger partial charge in [0.25, 0.3) is 0 Å². The first kappa shape index (κ1) is 15.3. The van der Waals surface area contributed by atoms with Gasteiger partial charge in [-0.3, -0.25) is 9.59 Å². The molecule has 2 aliphatic rings. The Hall–Kier alpha value is -1.11. The van der Waals surface area contributed by atoms with Gasteiger partial charge in [0, 0.05) is 26.6 Å². The molecule has 0 bridgehead atoms. The third kappa shape index (κ3) is 3.94. The molecule has 2 saturated heterocycles. The second kappa shape index (κ2) is 6.11. The Kier molecular flexibility index (Phi) is 4.67. The highest BCUT2D eigenvalue weighted by Gasteiger charge is 2.30. The largest absolute Gasteiger partial charge is 0.355 e. The summed E-state index contributed by atoms with van der Waals surface area (Å²) >= 11 is 0. The molecule has 2 rings (SSSR count). The molecule has 0 aromatic heterocycles. The normalized spacial score (nSPS) is 29.1. The first-order chi connectivity index (χ1) is 9.37. The summed E-state index contributed by atoms with van der Waals surface area (Å²) in [7, 11) is -2.89. The van der Waals surface area contributed by atoms with Gasteiger partial charge in [-0.2, -0.15) is 0 Å². The summed E-state index contributed by atoms with van der Waals surface area (Å²) in [4.78, 5) is 25.1. The molecule has 7 heteroatoms. The van der Waals surface area contributed by atoms with Crippen molar-refractivity contribution in [3.05, 3.63) is 0 Å². The number of nitrogens with zero attached hydrogens (tertiary/aromatic N) is 1. The number of rotatable bonds is 3. The maximum Gasteiger partial charge on any atom is 0.224 e. The van der Waals surface area contributed by atoms with E-state index in [9.17, 15) is 18.0 Å². The van der Waals surface area contributed by atoms with Crippen molar-refractivity contribution in [1.82, 2.24) is 10.2 Å². The molecule has 0 saturated carbocycles. The first-order valence-electron chi connectivity index (χ1n) is 7.11. The van der Waals surface area contributed by atoms with Gasteiger partial charge in [0.05, 0.1) is 17.4 Å². The molecule has 2 amide bonds. The minimum atomic E-state index is -2.89. The molecule has 0 aliphatic carbocycles. The van der Waals surface area contributed by atoms with Crippen LogP contribution in [0.3, 0.4) is 0 Å². The zero-order chi connectivity index (χ0) is 14.8. The lowest BCUT2D eigenvalue weighted by atomic mass is 9.97. The van der Waals surface area contributed by atoms with Crippen LogP contribution < -0.4 is 5.32 Å². The third-order valence-electron chi connectivity index (χ3n) is 4.13. The fourth-order valence-corrected chi connectivity index (χ4v) is 4.76. The molecule has 114 valence electrons. The second-order valence-corrected chi connectivity index (χ2v) is 8.05. The Morgan fingerprint density at radius 3 is 2.65 bits per heavy atom. The fraction of sp³-hybridized carbons (Fsp3) is 0.846. The fourth-order valence-electron chi connectivity index (χ4n) is 2.90. The predicted octanol–water partition coefficient (Wildman–Crippen LogP) is -0.204. The summed E-state index contributed by atoms with van der Waals surface area (Å²) in [6.45, 7) is 3.14. The summed E-state index contributed by atoms with van der Waals surface area (Å²) in [6, 6.07) is 0. The van der Waals surface area contributed by atoms with Crippen molar-refractivity contribution in [1.29, 1.82) is 0 Å². The number of sulfone groups is 1. The number of likely N-dealkylation sites (tertiary alicyclic amines) is 1. The van der Waals surface area contributed by atoms with Crippen molar-refractivity contribution in [2.45, 2.75) is 26.2 Å². The molecular weight excluding hydrogens is 280 g/mol. The third-order valence-corrected chi connectivity index (χ3v) is 5.97. The smallest absolute Gasteiger partial charge is 0.224 e. The quantitative estimate of drug-likeness (QED) is 0.782. The van der Waals surface area contributed by atoms with Crippen molar-refractivity contribution in [3.8, 4) is 0 Å². The summed E-state index contributed by atoms with van der Waals surface area (Å²) in [5, 5.41) is 2.85. The second-order valence-electron chi connectivity index (χ2n) is 5.82. The summed E-state index contributed by atoms with van der Waals surface area (Å²) in [5.74, 6) is 0.235. The van der Waals surface area contributed by atoms with Gasteiger partial charge in [0.2, 0.25) is 11.8 Å². The van der Waals surface area contributed by atoms with Crippen LogP contribution in [0.5, 0.6) is 0 Å². The average Bonchev–Trinajstić information content (AvgIpc) is 2.75. The predicted molar refractivity (Wildman–Crippen MR) is 74.7 cm³/mol. The molecule has 2 atom stereocenters. The minimum Gasteiger partial charge on any atom is -0.355 e. The lowest BCUT2D eigenvalue weighted by molar-refractivity contribution is -0.134. The highest BCUT2D eigenvalue weighted by Crippen LogP contribution is 2.19. The van der Waals surface area contributed by atoms with Crippen molar-refractivity contribution in [3.63, 3.8) is 0 Å². The molecule has 2 unspecified atom stereocenters. The number of carbonyl (C=O) groups is 2. The Labute approximate surface area is 119 Å². The average molecular weight is 302 g/mol. The number of amides is 2. The topological polar surface area (TPSA) is 83.6 Å². The highest BCUT2D eigenvalue weighted by atomic mass is 32.2. The van der Waals surface area contributed by atoms with Crippen molar-refractivity contribution in [2.75, 3.05) is 31.1 Å². The summed E-state index contributed by atoms with van der Waals surface area (Å²) in [6.07, 6.45) is 2.26. The van der Waals surface area contributed by atoms with Gasteiger partial charge in [0.1, 0.15) is 0 Å². The zero-order valence-corrected chi connectivity index (χ0v) is 12.6. The number of hydrogen-bond acceptors (Lipinski definition) is 4. The van der Waals surface area contributed by atoms with Crippen LogP contribution in [-0.4, -0.2) is 56.3 Å². The van der Waals surface area contributed by atoms with E-state index in [0.717, 1.165) is 19.4 Å². The van der Waals surface area contributed by atoms with E-state index in [0.29, 0.717) is 19.5 Å². The Bertz CT molecular complexity index is 489. The maximum absolute atomic E-state index is 12.1. The van der Waals surface area contributed by atoms with E-state index in [1.165, 1.54) is 6.92 Å². The summed E-state index contributed by atoms with van der Waals surface area (Å²) in [5.41, 5.74) is 0. The molecule has 6 nitrogen and oxygen atoms in total. The van der Waals surface area contributed by atoms with Crippen molar-refractivity contribution < 1.29 is 18.0 Å². The number of hydrogen-bond donors (Lipinski definition) is 1. The molecule has 20 heavy (non-hydrogen) atoms. The molecule has 2 fully saturated rings. The molecular formula is C13H22N2O4S. The molecule has 2 aliphatic heterocycles. The van der Waals surface area contributed by atoms with E-state index in [2.05, 4.69) is 5.32 Å². The van der Waals surface area contributed by atoms with Crippen molar-refractivity contribution in [2.24, 2.45) is 11.8 Å². The molecule has 0 aromatic rings. The van der Waals surface area contributed by atoms with E-state index in [1.807, 2.05) is 0 Å². The van der Waals surface area contributed by atoms with Gasteiger partial charge in [0.15, 0.2) is 9.84 Å². The molecule has 0 spiro atoms.